The molecule has 0 saturated heterocycles. The highest BCUT2D eigenvalue weighted by Gasteiger charge is 2.21. The number of fused-ring (bicyclic) bond motifs is 1. The van der Waals surface area contributed by atoms with Gasteiger partial charge >= 0.3 is 5.97 Å². The lowest BCUT2D eigenvalue weighted by atomic mass is 10.1. The molecule has 0 spiro atoms. The van der Waals surface area contributed by atoms with Crippen LogP contribution in [0.25, 0.3) is 10.8 Å². The summed E-state index contributed by atoms with van der Waals surface area (Å²) < 4.78 is 8.20. The molecule has 0 aliphatic heterocycles. The fourth-order valence-corrected chi connectivity index (χ4v) is 3.40. The van der Waals surface area contributed by atoms with Crippen molar-refractivity contribution in [2.24, 2.45) is 0 Å². The molecule has 3 rings (SSSR count). The third-order valence-corrected chi connectivity index (χ3v) is 4.89. The summed E-state index contributed by atoms with van der Waals surface area (Å²) in [7, 11) is 0. The van der Waals surface area contributed by atoms with E-state index >= 15 is 0 Å². The van der Waals surface area contributed by atoms with Crippen molar-refractivity contribution in [3.8, 4) is 0 Å². The van der Waals surface area contributed by atoms with Gasteiger partial charge in [-0.1, -0.05) is 24.3 Å². The van der Waals surface area contributed by atoms with Crippen LogP contribution in [0.1, 0.15) is 32.2 Å². The molecule has 0 fully saturated rings. The summed E-state index contributed by atoms with van der Waals surface area (Å²) in [5.74, 6) is -1.15. The molecule has 8 nitrogen and oxygen atoms in total. The first kappa shape index (κ1) is 21.2. The fourth-order valence-electron chi connectivity index (χ4n) is 3.40. The second-order valence-electron chi connectivity index (χ2n) is 6.83. The average Bonchev–Trinajstić information content (AvgIpc) is 3.02. The molecule has 0 amide bonds. The van der Waals surface area contributed by atoms with Crippen LogP contribution in [0.2, 0.25) is 0 Å². The van der Waals surface area contributed by atoms with Gasteiger partial charge in [0.2, 0.25) is 5.78 Å². The number of aliphatic hydroxyl groups excluding tert-OH is 1. The predicted molar refractivity (Wildman–Crippen MR) is 112 cm³/mol. The van der Waals surface area contributed by atoms with Crippen LogP contribution in [0.3, 0.4) is 0 Å². The number of aryl methyl sites for hydroxylation is 1. The summed E-state index contributed by atoms with van der Waals surface area (Å²) >= 11 is 0. The van der Waals surface area contributed by atoms with Crippen LogP contribution in [-0.2, 0) is 17.8 Å². The van der Waals surface area contributed by atoms with Gasteiger partial charge in [0.15, 0.2) is 12.3 Å². The Labute approximate surface area is 173 Å². The van der Waals surface area contributed by atoms with E-state index in [0.29, 0.717) is 17.5 Å². The maximum Gasteiger partial charge on any atom is 0.359 e. The van der Waals surface area contributed by atoms with E-state index in [1.54, 1.807) is 36.4 Å². The molecule has 0 aliphatic rings. The highest BCUT2D eigenvalue weighted by atomic mass is 16.5. The van der Waals surface area contributed by atoms with Gasteiger partial charge in [-0.2, -0.15) is 5.10 Å². The lowest BCUT2D eigenvalue weighted by Crippen LogP contribution is -2.28. The third kappa shape index (κ3) is 3.95. The topological polar surface area (TPSA) is 103 Å². The molecule has 156 valence electrons. The van der Waals surface area contributed by atoms with Gasteiger partial charge in [0, 0.05) is 28.9 Å². The number of carbonyl (C=O) groups excluding carboxylic acids is 2. The first-order valence-corrected chi connectivity index (χ1v) is 9.47. The third-order valence-electron chi connectivity index (χ3n) is 4.89. The van der Waals surface area contributed by atoms with Gasteiger partial charge in [-0.15, -0.1) is 6.58 Å². The second kappa shape index (κ2) is 8.87. The minimum atomic E-state index is -0.814. The molecular formula is C22H23N3O5. The van der Waals surface area contributed by atoms with Crippen molar-refractivity contribution in [3.63, 3.8) is 0 Å². The van der Waals surface area contributed by atoms with Crippen LogP contribution in [0.5, 0.6) is 0 Å². The first-order valence-electron chi connectivity index (χ1n) is 9.47. The van der Waals surface area contributed by atoms with E-state index in [4.69, 9.17) is 9.84 Å². The molecule has 0 radical (unpaired) electrons. The number of esters is 1. The predicted octanol–water partition coefficient (Wildman–Crippen LogP) is 2.03. The zero-order valence-electron chi connectivity index (χ0n) is 16.9. The van der Waals surface area contributed by atoms with Crippen molar-refractivity contribution in [1.82, 2.24) is 14.3 Å². The number of hydrogen-bond acceptors (Lipinski definition) is 6. The van der Waals surface area contributed by atoms with E-state index in [0.717, 1.165) is 16.1 Å². The Morgan fingerprint density at radius 3 is 2.60 bits per heavy atom. The van der Waals surface area contributed by atoms with Crippen molar-refractivity contribution in [2.75, 3.05) is 13.2 Å². The van der Waals surface area contributed by atoms with Crippen LogP contribution < -0.4 is 5.56 Å². The number of aliphatic hydroxyl groups is 1. The molecule has 8 heteroatoms. The van der Waals surface area contributed by atoms with E-state index in [-0.39, 0.29) is 30.0 Å². The van der Waals surface area contributed by atoms with E-state index < -0.39 is 18.1 Å². The molecule has 1 aromatic carbocycles. The number of benzene rings is 1. The van der Waals surface area contributed by atoms with Crippen molar-refractivity contribution in [1.29, 1.82) is 0 Å². The molecule has 3 aromatic rings. The summed E-state index contributed by atoms with van der Waals surface area (Å²) in [6, 6.07) is 8.27. The van der Waals surface area contributed by atoms with Crippen LogP contribution in [0, 0.1) is 13.8 Å². The molecule has 30 heavy (non-hydrogen) atoms. The van der Waals surface area contributed by atoms with E-state index in [9.17, 15) is 14.4 Å². The Morgan fingerprint density at radius 1 is 1.23 bits per heavy atom. The number of allylic oxidation sites excluding steroid dienone is 1. The van der Waals surface area contributed by atoms with E-state index in [1.165, 1.54) is 0 Å². The monoisotopic (exact) mass is 409 g/mol. The summed E-state index contributed by atoms with van der Waals surface area (Å²) in [4.78, 5) is 37.8. The van der Waals surface area contributed by atoms with Gasteiger partial charge < -0.3 is 14.4 Å². The van der Waals surface area contributed by atoms with Gasteiger partial charge in [-0.05, 0) is 26.0 Å². The van der Waals surface area contributed by atoms with Gasteiger partial charge in [0.1, 0.15) is 0 Å². The molecule has 0 atom stereocenters. The molecule has 0 bridgehead atoms. The summed E-state index contributed by atoms with van der Waals surface area (Å²) in [6.45, 7) is 7.19. The number of aromatic nitrogens is 3. The standard InChI is InChI=1S/C22H23N3O5/c1-4-9-24-14(2)12-18(15(24)3)19(27)13-30-22(29)20-16-7-5-6-8-17(16)21(28)25(23-20)10-11-26/h4-8,12,26H,1,9-11,13H2,2-3H3. The average molecular weight is 409 g/mol. The Kier molecular flexibility index (Phi) is 6.27. The molecule has 2 heterocycles. The summed E-state index contributed by atoms with van der Waals surface area (Å²) in [5, 5.41) is 13.8. The maximum atomic E-state index is 12.7. The lowest BCUT2D eigenvalue weighted by Gasteiger charge is -2.10. The Bertz CT molecular complexity index is 1190. The number of rotatable bonds is 8. The minimum Gasteiger partial charge on any atom is -0.452 e. The number of carbonyl (C=O) groups is 2. The molecule has 0 aliphatic carbocycles. The van der Waals surface area contributed by atoms with Gasteiger partial charge in [-0.3, -0.25) is 9.59 Å². The van der Waals surface area contributed by atoms with Crippen molar-refractivity contribution in [2.45, 2.75) is 26.9 Å². The Hall–Kier alpha value is -3.52. The number of Topliss-reactive ketones (excluding diaryl/α,β-unsaturated/α-hetero) is 1. The molecule has 0 saturated carbocycles. The molecule has 2 aromatic heterocycles. The first-order chi connectivity index (χ1) is 14.4. The normalized spacial score (nSPS) is 10.9. The summed E-state index contributed by atoms with van der Waals surface area (Å²) in [6.07, 6.45) is 1.74. The number of nitrogens with zero attached hydrogens (tertiary/aromatic N) is 3. The van der Waals surface area contributed by atoms with Crippen molar-refractivity contribution in [3.05, 3.63) is 76.0 Å². The summed E-state index contributed by atoms with van der Waals surface area (Å²) in [5.41, 5.74) is 1.66. The molecule has 1 N–H and O–H groups in total. The SMILES string of the molecule is C=CCn1c(C)cc(C(=O)COC(=O)c2nn(CCO)c(=O)c3ccccc23)c1C. The number of hydrogen-bond donors (Lipinski definition) is 1. The van der Waals surface area contributed by atoms with Crippen molar-refractivity contribution < 1.29 is 19.4 Å². The highest BCUT2D eigenvalue weighted by Crippen LogP contribution is 2.17. The van der Waals surface area contributed by atoms with Gasteiger partial charge in [0.05, 0.1) is 18.5 Å². The van der Waals surface area contributed by atoms with Gasteiger partial charge in [0.25, 0.3) is 5.56 Å². The van der Waals surface area contributed by atoms with Gasteiger partial charge in [-0.25, -0.2) is 9.48 Å². The lowest BCUT2D eigenvalue weighted by molar-refractivity contribution is 0.0468. The zero-order valence-corrected chi connectivity index (χ0v) is 16.9. The Morgan fingerprint density at radius 2 is 1.93 bits per heavy atom. The largest absolute Gasteiger partial charge is 0.452 e. The van der Waals surface area contributed by atoms with Crippen molar-refractivity contribution >= 4 is 22.5 Å². The smallest absolute Gasteiger partial charge is 0.359 e. The maximum absolute atomic E-state index is 12.7. The Balaban J connectivity index is 1.87. The second-order valence-corrected chi connectivity index (χ2v) is 6.83. The number of ether oxygens (including phenoxy) is 1. The highest BCUT2D eigenvalue weighted by molar-refractivity contribution is 6.04. The number of ketones is 1. The zero-order chi connectivity index (χ0) is 21.8. The van der Waals surface area contributed by atoms with E-state index in [1.807, 2.05) is 18.4 Å². The van der Waals surface area contributed by atoms with E-state index in [2.05, 4.69) is 11.7 Å². The molecular weight excluding hydrogens is 386 g/mol. The quantitative estimate of drug-likeness (QED) is 0.347. The fraction of sp³-hybridized carbons (Fsp3) is 0.273. The minimum absolute atomic E-state index is 0.0574. The molecule has 0 unspecified atom stereocenters. The van der Waals surface area contributed by atoms with Crippen LogP contribution in [0.4, 0.5) is 0 Å². The van der Waals surface area contributed by atoms with Crippen LogP contribution in [-0.4, -0.2) is 44.4 Å². The van der Waals surface area contributed by atoms with Crippen LogP contribution in [0.15, 0.2) is 47.8 Å². The van der Waals surface area contributed by atoms with Crippen LogP contribution >= 0.6 is 0 Å².